The molecule has 1 N–H and O–H groups in total. The second-order valence-electron chi connectivity index (χ2n) is 7.04. The highest BCUT2D eigenvalue weighted by molar-refractivity contribution is 7.80. The summed E-state index contributed by atoms with van der Waals surface area (Å²) in [5.41, 5.74) is 2.24. The van der Waals surface area contributed by atoms with Crippen molar-refractivity contribution in [3.05, 3.63) is 42.5 Å². The van der Waals surface area contributed by atoms with Gasteiger partial charge in [-0.3, -0.25) is 0 Å². The molecular weight excluding hydrogens is 330 g/mol. The molecule has 0 unspecified atom stereocenters. The van der Waals surface area contributed by atoms with Crippen molar-refractivity contribution < 1.29 is 0 Å². The highest BCUT2D eigenvalue weighted by Gasteiger charge is 2.24. The van der Waals surface area contributed by atoms with Gasteiger partial charge < -0.3 is 10.2 Å². The van der Waals surface area contributed by atoms with Crippen LogP contribution in [0.25, 0.3) is 5.69 Å². The number of hydrogen-bond donors (Lipinski definition) is 1. The Morgan fingerprint density at radius 1 is 1.28 bits per heavy atom. The fourth-order valence-electron chi connectivity index (χ4n) is 3.44. The van der Waals surface area contributed by atoms with Gasteiger partial charge >= 0.3 is 0 Å². The van der Waals surface area contributed by atoms with Crippen LogP contribution in [-0.2, 0) is 0 Å². The van der Waals surface area contributed by atoms with E-state index in [1.165, 1.54) is 31.2 Å². The minimum absolute atomic E-state index is 0.212. The zero-order valence-corrected chi connectivity index (χ0v) is 16.0. The first-order chi connectivity index (χ1) is 12.1. The molecule has 1 heterocycles. The molecule has 1 fully saturated rings. The lowest BCUT2D eigenvalue weighted by Crippen LogP contribution is -2.47. The predicted octanol–water partition coefficient (Wildman–Crippen LogP) is 3.71. The number of rotatable bonds is 4. The van der Waals surface area contributed by atoms with Gasteiger partial charge in [0.1, 0.15) is 12.7 Å². The van der Waals surface area contributed by atoms with Gasteiger partial charge in [-0.1, -0.05) is 31.9 Å². The molecule has 0 aliphatic heterocycles. The van der Waals surface area contributed by atoms with Crippen molar-refractivity contribution in [2.24, 2.45) is 5.92 Å². The molecule has 6 heteroatoms. The van der Waals surface area contributed by atoms with Crippen LogP contribution in [0.4, 0.5) is 0 Å². The van der Waals surface area contributed by atoms with E-state index in [4.69, 9.17) is 12.2 Å². The highest BCUT2D eigenvalue weighted by Crippen LogP contribution is 2.25. The summed E-state index contributed by atoms with van der Waals surface area (Å²) in [6.07, 6.45) is 8.40. The summed E-state index contributed by atoms with van der Waals surface area (Å²) in [5, 5.41) is 8.59. The molecule has 25 heavy (non-hydrogen) atoms. The molecule has 0 saturated heterocycles. The topological polar surface area (TPSA) is 46.0 Å². The van der Waals surface area contributed by atoms with Crippen LogP contribution in [0, 0.1) is 5.92 Å². The van der Waals surface area contributed by atoms with Crippen LogP contribution in [0.2, 0.25) is 0 Å². The minimum atomic E-state index is 0.212. The molecule has 1 aromatic carbocycles. The summed E-state index contributed by atoms with van der Waals surface area (Å²) in [5.74, 6) is 0.692. The Labute approximate surface area is 155 Å². The first-order valence-corrected chi connectivity index (χ1v) is 9.45. The van der Waals surface area contributed by atoms with Crippen LogP contribution in [-0.4, -0.2) is 37.9 Å². The van der Waals surface area contributed by atoms with Crippen LogP contribution >= 0.6 is 12.2 Å². The molecule has 1 aliphatic carbocycles. The van der Waals surface area contributed by atoms with Crippen LogP contribution in [0.5, 0.6) is 0 Å². The molecule has 0 radical (unpaired) electrons. The van der Waals surface area contributed by atoms with Crippen LogP contribution in [0.1, 0.15) is 51.1 Å². The van der Waals surface area contributed by atoms with E-state index >= 15 is 0 Å². The maximum atomic E-state index is 5.67. The average Bonchev–Trinajstić information content (AvgIpc) is 3.17. The summed E-state index contributed by atoms with van der Waals surface area (Å²) < 4.78 is 1.76. The maximum absolute atomic E-state index is 5.67. The van der Waals surface area contributed by atoms with E-state index in [0.29, 0.717) is 12.0 Å². The largest absolute Gasteiger partial charge is 0.360 e. The summed E-state index contributed by atoms with van der Waals surface area (Å²) >= 11 is 5.67. The number of thiocarbonyl (C=S) groups is 1. The lowest BCUT2D eigenvalue weighted by molar-refractivity contribution is 0.294. The van der Waals surface area contributed by atoms with E-state index < -0.39 is 0 Å². The third-order valence-corrected chi connectivity index (χ3v) is 5.79. The molecule has 0 bridgehead atoms. The first kappa shape index (κ1) is 17.9. The smallest absolute Gasteiger partial charge is 0.169 e. The van der Waals surface area contributed by atoms with Crippen molar-refractivity contribution in [1.29, 1.82) is 0 Å². The fourth-order valence-corrected chi connectivity index (χ4v) is 3.75. The van der Waals surface area contributed by atoms with Gasteiger partial charge in [-0.2, -0.15) is 5.10 Å². The van der Waals surface area contributed by atoms with E-state index in [9.17, 15) is 0 Å². The zero-order chi connectivity index (χ0) is 17.8. The molecule has 3 rings (SSSR count). The predicted molar refractivity (Wildman–Crippen MR) is 105 cm³/mol. The van der Waals surface area contributed by atoms with Gasteiger partial charge in [-0.15, -0.1) is 0 Å². The van der Waals surface area contributed by atoms with Gasteiger partial charge in [0.15, 0.2) is 5.11 Å². The number of aromatic nitrogens is 3. The SMILES string of the molecule is C[C@@H]1CCCC[C@H]1NC(=S)N(C)[C@@H](C)c1ccc(-n2cncn2)cc1. The van der Waals surface area contributed by atoms with Gasteiger partial charge in [0.05, 0.1) is 11.7 Å². The minimum Gasteiger partial charge on any atom is -0.360 e. The number of nitrogens with one attached hydrogen (secondary N) is 1. The second kappa shape index (κ2) is 7.95. The van der Waals surface area contributed by atoms with Gasteiger partial charge in [0, 0.05) is 13.1 Å². The Bertz CT molecular complexity index is 682. The Morgan fingerprint density at radius 2 is 2.00 bits per heavy atom. The third kappa shape index (κ3) is 4.18. The Balaban J connectivity index is 1.63. The summed E-state index contributed by atoms with van der Waals surface area (Å²) in [6.45, 7) is 4.51. The quantitative estimate of drug-likeness (QED) is 0.845. The molecule has 134 valence electrons. The molecule has 5 nitrogen and oxygen atoms in total. The Kier molecular flexibility index (Phi) is 5.68. The van der Waals surface area contributed by atoms with Crippen molar-refractivity contribution in [3.8, 4) is 5.69 Å². The van der Waals surface area contributed by atoms with E-state index in [0.717, 1.165) is 10.8 Å². The zero-order valence-electron chi connectivity index (χ0n) is 15.2. The first-order valence-electron chi connectivity index (χ1n) is 9.04. The molecule has 2 aromatic rings. The molecule has 1 aromatic heterocycles. The molecule has 0 amide bonds. The lowest BCUT2D eigenvalue weighted by atomic mass is 9.86. The van der Waals surface area contributed by atoms with Crippen molar-refractivity contribution >= 4 is 17.3 Å². The van der Waals surface area contributed by atoms with Crippen LogP contribution in [0.15, 0.2) is 36.9 Å². The van der Waals surface area contributed by atoms with Crippen LogP contribution in [0.3, 0.4) is 0 Å². The van der Waals surface area contributed by atoms with Crippen molar-refractivity contribution in [2.75, 3.05) is 7.05 Å². The summed E-state index contributed by atoms with van der Waals surface area (Å²) in [7, 11) is 2.07. The summed E-state index contributed by atoms with van der Waals surface area (Å²) in [4.78, 5) is 6.14. The van der Waals surface area contributed by atoms with Gasteiger partial charge in [0.2, 0.25) is 0 Å². The van der Waals surface area contributed by atoms with Gasteiger partial charge in [-0.05, 0) is 55.6 Å². The molecule has 1 aliphatic rings. The van der Waals surface area contributed by atoms with Crippen molar-refractivity contribution in [1.82, 2.24) is 25.0 Å². The van der Waals surface area contributed by atoms with Gasteiger partial charge in [-0.25, -0.2) is 9.67 Å². The number of benzene rings is 1. The molecular formula is C19H27N5S. The number of hydrogen-bond acceptors (Lipinski definition) is 3. The second-order valence-corrected chi connectivity index (χ2v) is 7.42. The van der Waals surface area contributed by atoms with E-state index in [1.807, 2.05) is 0 Å². The summed E-state index contributed by atoms with van der Waals surface area (Å²) in [6, 6.07) is 9.10. The van der Waals surface area contributed by atoms with E-state index in [-0.39, 0.29) is 6.04 Å². The van der Waals surface area contributed by atoms with E-state index in [2.05, 4.69) is 65.5 Å². The monoisotopic (exact) mass is 357 g/mol. The van der Waals surface area contributed by atoms with Crippen molar-refractivity contribution in [3.63, 3.8) is 0 Å². The Hall–Kier alpha value is -1.95. The fraction of sp³-hybridized carbons (Fsp3) is 0.526. The highest BCUT2D eigenvalue weighted by atomic mass is 32.1. The van der Waals surface area contributed by atoms with Gasteiger partial charge in [0.25, 0.3) is 0 Å². The normalized spacial score (nSPS) is 21.6. The Morgan fingerprint density at radius 3 is 2.64 bits per heavy atom. The molecule has 1 saturated carbocycles. The molecule has 0 spiro atoms. The molecule has 3 atom stereocenters. The number of nitrogens with zero attached hydrogens (tertiary/aromatic N) is 4. The third-order valence-electron chi connectivity index (χ3n) is 5.38. The lowest BCUT2D eigenvalue weighted by Gasteiger charge is -2.35. The van der Waals surface area contributed by atoms with Crippen molar-refractivity contribution in [2.45, 2.75) is 51.6 Å². The van der Waals surface area contributed by atoms with E-state index in [1.54, 1.807) is 17.3 Å². The average molecular weight is 358 g/mol. The maximum Gasteiger partial charge on any atom is 0.169 e. The standard InChI is InChI=1S/C19H27N5S/c1-14-6-4-5-7-18(14)22-19(25)23(3)15(2)16-8-10-17(11-9-16)24-13-20-12-21-24/h8-15,18H,4-7H2,1-3H3,(H,22,25)/t14-,15+,18-/m1/s1. The van der Waals surface area contributed by atoms with Crippen LogP contribution < -0.4 is 5.32 Å².